The molecule has 0 fully saturated rings. The molecule has 0 radical (unpaired) electrons. The molecule has 0 aliphatic rings. The fourth-order valence-electron chi connectivity index (χ4n) is 1.19. The van der Waals surface area contributed by atoms with E-state index in [0.29, 0.717) is 0 Å². The molecule has 2 aromatic rings. The first-order valence-electron chi connectivity index (χ1n) is 3.80. The molecule has 0 aliphatic carbocycles. The zero-order valence-electron chi connectivity index (χ0n) is 7.03. The van der Waals surface area contributed by atoms with Crippen molar-refractivity contribution in [2.45, 2.75) is 0 Å². The SMILES string of the molecule is C=O.Clc1cccc2ccccc12. The van der Waals surface area contributed by atoms with Crippen LogP contribution in [0.25, 0.3) is 10.8 Å². The van der Waals surface area contributed by atoms with Gasteiger partial charge >= 0.3 is 0 Å². The minimum atomic E-state index is 0.822. The molecular formula is C11H9ClO. The molecule has 1 nitrogen and oxygen atoms in total. The van der Waals surface area contributed by atoms with E-state index in [9.17, 15) is 0 Å². The molecule has 0 saturated heterocycles. The van der Waals surface area contributed by atoms with Crippen LogP contribution in [0.2, 0.25) is 5.02 Å². The predicted octanol–water partition coefficient (Wildman–Crippen LogP) is 3.31. The van der Waals surface area contributed by atoms with Crippen molar-refractivity contribution in [3.8, 4) is 0 Å². The molecule has 0 aromatic heterocycles. The molecule has 0 amide bonds. The molecule has 2 heteroatoms. The van der Waals surface area contributed by atoms with E-state index in [1.54, 1.807) is 0 Å². The topological polar surface area (TPSA) is 17.1 Å². The van der Waals surface area contributed by atoms with Gasteiger partial charge in [-0.05, 0) is 11.5 Å². The highest BCUT2D eigenvalue weighted by atomic mass is 35.5. The largest absolute Gasteiger partial charge is 0.307 e. The van der Waals surface area contributed by atoms with Crippen LogP contribution < -0.4 is 0 Å². The molecule has 0 saturated carbocycles. The van der Waals surface area contributed by atoms with Gasteiger partial charge in [-0.2, -0.15) is 0 Å². The molecule has 66 valence electrons. The fraction of sp³-hybridized carbons (Fsp3) is 0. The van der Waals surface area contributed by atoms with Crippen LogP contribution in [0.3, 0.4) is 0 Å². The third-order valence-electron chi connectivity index (χ3n) is 1.74. The van der Waals surface area contributed by atoms with Gasteiger partial charge in [0.2, 0.25) is 0 Å². The predicted molar refractivity (Wildman–Crippen MR) is 56.1 cm³/mol. The van der Waals surface area contributed by atoms with Crippen LogP contribution in [0, 0.1) is 0 Å². The number of carbonyl (C=O) groups excluding carboxylic acids is 1. The molecule has 0 atom stereocenters. The van der Waals surface area contributed by atoms with Gasteiger partial charge < -0.3 is 4.79 Å². The summed E-state index contributed by atoms with van der Waals surface area (Å²) in [7, 11) is 0. The second kappa shape index (κ2) is 4.63. The lowest BCUT2D eigenvalue weighted by atomic mass is 10.1. The Kier molecular flexibility index (Phi) is 3.47. The van der Waals surface area contributed by atoms with Crippen LogP contribution in [-0.2, 0) is 4.79 Å². The maximum absolute atomic E-state index is 8.00. The Morgan fingerprint density at radius 3 is 2.23 bits per heavy atom. The van der Waals surface area contributed by atoms with Crippen molar-refractivity contribution in [2.24, 2.45) is 0 Å². The number of carbonyl (C=O) groups is 1. The minimum Gasteiger partial charge on any atom is -0.307 e. The summed E-state index contributed by atoms with van der Waals surface area (Å²) < 4.78 is 0. The van der Waals surface area contributed by atoms with E-state index in [4.69, 9.17) is 16.4 Å². The summed E-state index contributed by atoms with van der Waals surface area (Å²) in [4.78, 5) is 8.00. The zero-order chi connectivity index (χ0) is 9.68. The summed E-state index contributed by atoms with van der Waals surface area (Å²) in [6.45, 7) is 2.00. The van der Waals surface area contributed by atoms with Crippen molar-refractivity contribution >= 4 is 29.2 Å². The normalized spacial score (nSPS) is 9.00. The Bertz CT molecular complexity index is 393. The van der Waals surface area contributed by atoms with Crippen molar-refractivity contribution < 1.29 is 4.79 Å². The Morgan fingerprint density at radius 2 is 1.54 bits per heavy atom. The minimum absolute atomic E-state index is 0.822. The highest BCUT2D eigenvalue weighted by Crippen LogP contribution is 2.21. The first-order valence-corrected chi connectivity index (χ1v) is 4.18. The number of hydrogen-bond acceptors (Lipinski definition) is 1. The second-order valence-electron chi connectivity index (χ2n) is 2.46. The van der Waals surface area contributed by atoms with Gasteiger partial charge in [-0.15, -0.1) is 0 Å². The third kappa shape index (κ3) is 2.07. The van der Waals surface area contributed by atoms with Crippen LogP contribution in [0.15, 0.2) is 42.5 Å². The summed E-state index contributed by atoms with van der Waals surface area (Å²) in [5.74, 6) is 0. The zero-order valence-corrected chi connectivity index (χ0v) is 7.79. The van der Waals surface area contributed by atoms with Gasteiger partial charge in [-0.3, -0.25) is 0 Å². The van der Waals surface area contributed by atoms with E-state index in [1.807, 2.05) is 37.1 Å². The van der Waals surface area contributed by atoms with Gasteiger partial charge in [0, 0.05) is 10.4 Å². The van der Waals surface area contributed by atoms with Crippen molar-refractivity contribution in [1.29, 1.82) is 0 Å². The molecular weight excluding hydrogens is 184 g/mol. The first kappa shape index (κ1) is 9.75. The lowest BCUT2D eigenvalue weighted by Crippen LogP contribution is -1.70. The van der Waals surface area contributed by atoms with E-state index in [-0.39, 0.29) is 0 Å². The Labute approximate surface area is 81.9 Å². The average Bonchev–Trinajstić information content (AvgIpc) is 2.22. The van der Waals surface area contributed by atoms with Crippen LogP contribution in [-0.4, -0.2) is 6.79 Å². The Balaban J connectivity index is 0.000000396. The van der Waals surface area contributed by atoms with E-state index < -0.39 is 0 Å². The quantitative estimate of drug-likeness (QED) is 0.626. The first-order chi connectivity index (χ1) is 6.38. The summed E-state index contributed by atoms with van der Waals surface area (Å²) >= 11 is 5.96. The fourth-order valence-corrected chi connectivity index (χ4v) is 1.43. The number of fused-ring (bicyclic) bond motifs is 1. The van der Waals surface area contributed by atoms with E-state index in [0.717, 1.165) is 10.4 Å². The molecule has 0 heterocycles. The summed E-state index contributed by atoms with van der Waals surface area (Å²) in [5.41, 5.74) is 0. The molecule has 0 aliphatic heterocycles. The van der Waals surface area contributed by atoms with E-state index in [1.165, 1.54) is 5.39 Å². The van der Waals surface area contributed by atoms with Crippen LogP contribution in [0.1, 0.15) is 0 Å². The average molecular weight is 193 g/mol. The van der Waals surface area contributed by atoms with Gasteiger partial charge in [-0.25, -0.2) is 0 Å². The number of rotatable bonds is 0. The second-order valence-corrected chi connectivity index (χ2v) is 2.87. The lowest BCUT2D eigenvalue weighted by molar-refractivity contribution is -0.0979. The van der Waals surface area contributed by atoms with Crippen LogP contribution in [0.4, 0.5) is 0 Å². The maximum Gasteiger partial charge on any atom is 0.106 e. The van der Waals surface area contributed by atoms with Gasteiger partial charge in [0.1, 0.15) is 6.79 Å². The van der Waals surface area contributed by atoms with Crippen LogP contribution in [0.5, 0.6) is 0 Å². The molecule has 2 rings (SSSR count). The standard InChI is InChI=1S/C10H7Cl.CH2O/c11-10-7-3-5-8-4-1-2-6-9(8)10;1-2/h1-7H;1H2. The molecule has 0 N–H and O–H groups in total. The smallest absolute Gasteiger partial charge is 0.106 e. The van der Waals surface area contributed by atoms with Crippen molar-refractivity contribution in [3.05, 3.63) is 47.5 Å². The van der Waals surface area contributed by atoms with Gasteiger partial charge in [-0.1, -0.05) is 48.0 Å². The van der Waals surface area contributed by atoms with E-state index >= 15 is 0 Å². The van der Waals surface area contributed by atoms with Gasteiger partial charge in [0.25, 0.3) is 0 Å². The summed E-state index contributed by atoms with van der Waals surface area (Å²) in [6, 6.07) is 14.0. The Morgan fingerprint density at radius 1 is 0.923 bits per heavy atom. The number of benzene rings is 2. The molecule has 0 bridgehead atoms. The third-order valence-corrected chi connectivity index (χ3v) is 2.07. The van der Waals surface area contributed by atoms with E-state index in [2.05, 4.69) is 12.1 Å². The van der Waals surface area contributed by atoms with Gasteiger partial charge in [0.15, 0.2) is 0 Å². The van der Waals surface area contributed by atoms with Gasteiger partial charge in [0.05, 0.1) is 0 Å². The van der Waals surface area contributed by atoms with Crippen molar-refractivity contribution in [1.82, 2.24) is 0 Å². The summed E-state index contributed by atoms with van der Waals surface area (Å²) in [6.07, 6.45) is 0. The molecule has 0 spiro atoms. The molecule has 2 aromatic carbocycles. The highest BCUT2D eigenvalue weighted by Gasteiger charge is 1.93. The van der Waals surface area contributed by atoms with Crippen molar-refractivity contribution in [2.75, 3.05) is 0 Å². The highest BCUT2D eigenvalue weighted by molar-refractivity contribution is 6.35. The maximum atomic E-state index is 8.00. The molecule has 0 unspecified atom stereocenters. The molecule has 13 heavy (non-hydrogen) atoms. The number of halogens is 1. The van der Waals surface area contributed by atoms with Crippen molar-refractivity contribution in [3.63, 3.8) is 0 Å². The van der Waals surface area contributed by atoms with Crippen LogP contribution >= 0.6 is 11.6 Å². The summed E-state index contributed by atoms with van der Waals surface area (Å²) in [5, 5.41) is 3.14. The lowest BCUT2D eigenvalue weighted by Gasteiger charge is -1.97. The Hall–Kier alpha value is -1.34. The number of hydrogen-bond donors (Lipinski definition) is 0. The monoisotopic (exact) mass is 192 g/mol.